The van der Waals surface area contributed by atoms with Crippen LogP contribution in [-0.4, -0.2) is 30.9 Å². The van der Waals surface area contributed by atoms with Crippen molar-refractivity contribution < 1.29 is 13.6 Å². The Hall–Kier alpha value is -4.01. The summed E-state index contributed by atoms with van der Waals surface area (Å²) in [5.74, 6) is -1.85. The number of hydrogen-bond acceptors (Lipinski definition) is 5. The van der Waals surface area contributed by atoms with Crippen LogP contribution in [0.1, 0.15) is 32.9 Å². The molecule has 0 fully saturated rings. The first-order chi connectivity index (χ1) is 15.1. The molecule has 1 aliphatic rings. The largest absolute Gasteiger partial charge is 0.346 e. The quantitative estimate of drug-likeness (QED) is 0.539. The van der Waals surface area contributed by atoms with Gasteiger partial charge in [0.25, 0.3) is 5.91 Å². The van der Waals surface area contributed by atoms with E-state index in [0.717, 1.165) is 23.3 Å². The molecule has 2 aromatic carbocycles. The van der Waals surface area contributed by atoms with Crippen LogP contribution < -0.4 is 5.32 Å². The van der Waals surface area contributed by atoms with Gasteiger partial charge in [0.05, 0.1) is 41.8 Å². The molecule has 0 atom stereocenters. The Kier molecular flexibility index (Phi) is 4.70. The minimum absolute atomic E-state index is 0.0661. The minimum Gasteiger partial charge on any atom is -0.346 e. The molecule has 7 nitrogen and oxygen atoms in total. The summed E-state index contributed by atoms with van der Waals surface area (Å²) in [6.07, 6.45) is 3.72. The Morgan fingerprint density at radius 1 is 0.968 bits per heavy atom. The number of rotatable bonds is 5. The lowest BCUT2D eigenvalue weighted by Gasteiger charge is -2.11. The second-order valence-electron chi connectivity index (χ2n) is 7.19. The van der Waals surface area contributed by atoms with Crippen molar-refractivity contribution in [3.63, 3.8) is 0 Å². The van der Waals surface area contributed by atoms with Crippen LogP contribution in [0, 0.1) is 11.6 Å². The summed E-state index contributed by atoms with van der Waals surface area (Å²) in [6, 6.07) is 11.4. The van der Waals surface area contributed by atoms with Crippen molar-refractivity contribution in [3.8, 4) is 11.4 Å². The number of nitrogens with one attached hydrogen (secondary N) is 1. The van der Waals surface area contributed by atoms with Gasteiger partial charge >= 0.3 is 0 Å². The lowest BCUT2D eigenvalue weighted by molar-refractivity contribution is 0.0964. The lowest BCUT2D eigenvalue weighted by Crippen LogP contribution is -2.14. The molecule has 1 aliphatic heterocycles. The summed E-state index contributed by atoms with van der Waals surface area (Å²) in [6.45, 7) is 0.784. The highest BCUT2D eigenvalue weighted by Crippen LogP contribution is 2.27. The Labute approximate surface area is 175 Å². The van der Waals surface area contributed by atoms with Crippen molar-refractivity contribution in [2.75, 3.05) is 0 Å². The maximum Gasteiger partial charge on any atom is 0.255 e. The molecule has 0 unspecified atom stereocenters. The minimum atomic E-state index is -0.749. The molecule has 0 radical (unpaired) electrons. The van der Waals surface area contributed by atoms with Gasteiger partial charge < -0.3 is 5.32 Å². The Morgan fingerprint density at radius 3 is 2.42 bits per heavy atom. The highest BCUT2D eigenvalue weighted by molar-refractivity contribution is 5.99. The van der Waals surface area contributed by atoms with E-state index in [1.807, 2.05) is 24.3 Å². The van der Waals surface area contributed by atoms with E-state index in [9.17, 15) is 13.6 Å². The van der Waals surface area contributed by atoms with Gasteiger partial charge in [0.1, 0.15) is 11.6 Å². The van der Waals surface area contributed by atoms with Gasteiger partial charge in [-0.05, 0) is 23.3 Å². The van der Waals surface area contributed by atoms with Crippen molar-refractivity contribution in [2.24, 2.45) is 0 Å². The second kappa shape index (κ2) is 7.67. The molecule has 9 heteroatoms. The number of carbonyl (C=O) groups is 1. The summed E-state index contributed by atoms with van der Waals surface area (Å²) in [4.78, 5) is 21.0. The number of aromatic nitrogens is 5. The number of nitrogens with zero attached hydrogens (tertiary/aromatic N) is 5. The maximum atomic E-state index is 14.3. The molecule has 1 amide bonds. The Balaban J connectivity index is 1.50. The van der Waals surface area contributed by atoms with E-state index in [1.165, 1.54) is 6.07 Å². The predicted molar refractivity (Wildman–Crippen MR) is 107 cm³/mol. The zero-order chi connectivity index (χ0) is 21.4. The first-order valence-electron chi connectivity index (χ1n) is 9.63. The number of hydrogen-bond donors (Lipinski definition) is 1. The predicted octanol–water partition coefficient (Wildman–Crippen LogP) is 2.90. The van der Waals surface area contributed by atoms with E-state index < -0.39 is 11.6 Å². The number of carbonyl (C=O) groups excluding carboxylic acids is 1. The fourth-order valence-corrected chi connectivity index (χ4v) is 3.61. The molecule has 5 rings (SSSR count). The van der Waals surface area contributed by atoms with Crippen LogP contribution in [0.2, 0.25) is 0 Å². The number of halogens is 2. The molecule has 154 valence electrons. The average Bonchev–Trinajstić information content (AvgIpc) is 3.39. The molecule has 1 N–H and O–H groups in total. The van der Waals surface area contributed by atoms with Crippen LogP contribution in [0.3, 0.4) is 0 Å². The topological polar surface area (TPSA) is 85.6 Å². The highest BCUT2D eigenvalue weighted by Gasteiger charge is 2.28. The van der Waals surface area contributed by atoms with Crippen LogP contribution in [-0.2, 0) is 19.5 Å². The normalized spacial score (nSPS) is 12.6. The van der Waals surface area contributed by atoms with Gasteiger partial charge in [-0.2, -0.15) is 0 Å². The second-order valence-corrected chi connectivity index (χ2v) is 7.19. The van der Waals surface area contributed by atoms with Gasteiger partial charge in [-0.15, -0.1) is 5.10 Å². The molecule has 3 heterocycles. The van der Waals surface area contributed by atoms with Crippen molar-refractivity contribution in [1.82, 2.24) is 30.3 Å². The van der Waals surface area contributed by atoms with Crippen molar-refractivity contribution in [2.45, 2.75) is 19.5 Å². The van der Waals surface area contributed by atoms with Crippen LogP contribution in [0.25, 0.3) is 11.4 Å². The summed E-state index contributed by atoms with van der Waals surface area (Å²) in [7, 11) is 0. The fourth-order valence-electron chi connectivity index (χ4n) is 3.61. The van der Waals surface area contributed by atoms with Crippen molar-refractivity contribution in [3.05, 3.63) is 94.6 Å². The fraction of sp³-hybridized carbons (Fsp3) is 0.136. The molecule has 31 heavy (non-hydrogen) atoms. The van der Waals surface area contributed by atoms with E-state index in [1.54, 1.807) is 17.1 Å². The van der Waals surface area contributed by atoms with E-state index in [2.05, 4.69) is 25.6 Å². The smallest absolute Gasteiger partial charge is 0.255 e. The lowest BCUT2D eigenvalue weighted by atomic mass is 10.0. The van der Waals surface area contributed by atoms with Gasteiger partial charge in [0, 0.05) is 12.6 Å². The molecule has 0 bridgehead atoms. The van der Waals surface area contributed by atoms with E-state index in [-0.39, 0.29) is 23.8 Å². The summed E-state index contributed by atoms with van der Waals surface area (Å²) < 4.78 is 30.3. The molecule has 2 aromatic heterocycles. The zero-order valence-corrected chi connectivity index (χ0v) is 16.2. The first kappa shape index (κ1) is 19.0. The Bertz CT molecular complexity index is 1250. The molecule has 0 saturated carbocycles. The number of benzene rings is 2. The average molecular weight is 418 g/mol. The van der Waals surface area contributed by atoms with Crippen molar-refractivity contribution >= 4 is 5.91 Å². The third kappa shape index (κ3) is 3.65. The van der Waals surface area contributed by atoms with Gasteiger partial charge in [-0.25, -0.2) is 23.4 Å². The monoisotopic (exact) mass is 418 g/mol. The summed E-state index contributed by atoms with van der Waals surface area (Å²) in [5, 5.41) is 10.4. The van der Waals surface area contributed by atoms with Gasteiger partial charge in [0.2, 0.25) is 0 Å². The van der Waals surface area contributed by atoms with Crippen molar-refractivity contribution in [1.29, 1.82) is 0 Å². The SMILES string of the molecule is O=C1NCc2nc(-c3c(F)cccc3F)nc(Cc3ccc(Cn4ccnn4)cc3)c21. The third-order valence-electron chi connectivity index (χ3n) is 5.10. The molecule has 4 aromatic rings. The molecular weight excluding hydrogens is 402 g/mol. The van der Waals surface area contributed by atoms with Crippen LogP contribution >= 0.6 is 0 Å². The Morgan fingerprint density at radius 2 is 1.71 bits per heavy atom. The third-order valence-corrected chi connectivity index (χ3v) is 5.10. The molecule has 0 saturated heterocycles. The van der Waals surface area contributed by atoms with Gasteiger partial charge in [0.15, 0.2) is 5.82 Å². The van der Waals surface area contributed by atoms with Gasteiger partial charge in [-0.1, -0.05) is 35.5 Å². The maximum absolute atomic E-state index is 14.3. The van der Waals surface area contributed by atoms with Gasteiger partial charge in [-0.3, -0.25) is 4.79 Å². The first-order valence-corrected chi connectivity index (χ1v) is 9.63. The number of fused-ring (bicyclic) bond motifs is 1. The van der Waals surface area contributed by atoms with Crippen LogP contribution in [0.4, 0.5) is 8.78 Å². The number of amides is 1. The van der Waals surface area contributed by atoms with E-state index in [0.29, 0.717) is 29.9 Å². The standard InChI is InChI=1S/C22H16F2N6O/c23-15-2-1-3-16(24)19(15)21-27-17(20-18(28-21)11-25-22(20)31)10-13-4-6-14(7-5-13)12-30-9-8-26-29-30/h1-9H,10-12H2,(H,25,31). The highest BCUT2D eigenvalue weighted by atomic mass is 19.1. The van der Waals surface area contributed by atoms with E-state index >= 15 is 0 Å². The van der Waals surface area contributed by atoms with Crippen LogP contribution in [0.15, 0.2) is 54.9 Å². The molecule has 0 aliphatic carbocycles. The van der Waals surface area contributed by atoms with E-state index in [4.69, 9.17) is 0 Å². The summed E-state index contributed by atoms with van der Waals surface area (Å²) in [5.41, 5.74) is 2.88. The molecule has 0 spiro atoms. The zero-order valence-electron chi connectivity index (χ0n) is 16.2. The molecular formula is C22H16F2N6O. The summed E-state index contributed by atoms with van der Waals surface area (Å²) >= 11 is 0. The van der Waals surface area contributed by atoms with Crippen LogP contribution in [0.5, 0.6) is 0 Å².